The van der Waals surface area contributed by atoms with Gasteiger partial charge in [-0.2, -0.15) is 0 Å². The number of rotatable bonds is 6. The summed E-state index contributed by atoms with van der Waals surface area (Å²) in [5, 5.41) is 9.32. The predicted molar refractivity (Wildman–Crippen MR) is 49.8 cm³/mol. The lowest BCUT2D eigenvalue weighted by Crippen LogP contribution is -2.06. The van der Waals surface area contributed by atoms with Crippen molar-refractivity contribution in [2.75, 3.05) is 13.2 Å². The van der Waals surface area contributed by atoms with Crippen molar-refractivity contribution in [1.82, 2.24) is 0 Å². The van der Waals surface area contributed by atoms with E-state index in [2.05, 4.69) is 11.8 Å². The molecule has 0 amide bonds. The molecule has 2 nitrogen and oxygen atoms in total. The lowest BCUT2D eigenvalue weighted by Gasteiger charge is -2.05. The van der Waals surface area contributed by atoms with Crippen molar-refractivity contribution in [3.8, 4) is 11.8 Å². The van der Waals surface area contributed by atoms with Crippen LogP contribution in [0.5, 0.6) is 0 Å². The summed E-state index contributed by atoms with van der Waals surface area (Å²) in [6, 6.07) is 0. The molecular formula is C10H18O2. The molecule has 0 aromatic heterocycles. The minimum Gasteiger partial charge on any atom is -0.392 e. The second kappa shape index (κ2) is 8.58. The highest BCUT2D eigenvalue weighted by Gasteiger charge is 2.00. The van der Waals surface area contributed by atoms with E-state index in [0.717, 1.165) is 26.1 Å². The summed E-state index contributed by atoms with van der Waals surface area (Å²) in [5.41, 5.74) is 0. The molecule has 0 saturated heterocycles. The molecule has 1 atom stereocenters. The molecule has 0 fully saturated rings. The van der Waals surface area contributed by atoms with Crippen LogP contribution >= 0.6 is 0 Å². The van der Waals surface area contributed by atoms with Crippen LogP contribution in [0, 0.1) is 11.8 Å². The molecule has 0 aliphatic rings. The van der Waals surface area contributed by atoms with Crippen LogP contribution in [0.3, 0.4) is 0 Å². The van der Waals surface area contributed by atoms with Gasteiger partial charge in [0.05, 0.1) is 6.10 Å². The van der Waals surface area contributed by atoms with Crippen molar-refractivity contribution in [2.45, 2.75) is 39.2 Å². The first-order valence-corrected chi connectivity index (χ1v) is 4.46. The molecule has 0 bridgehead atoms. The molecular weight excluding hydrogens is 152 g/mol. The van der Waals surface area contributed by atoms with Crippen LogP contribution in [0.1, 0.15) is 33.1 Å². The normalized spacial score (nSPS) is 11.9. The van der Waals surface area contributed by atoms with E-state index in [-0.39, 0.29) is 6.10 Å². The van der Waals surface area contributed by atoms with Crippen molar-refractivity contribution < 1.29 is 9.84 Å². The van der Waals surface area contributed by atoms with Gasteiger partial charge >= 0.3 is 0 Å². The Morgan fingerprint density at radius 2 is 2.25 bits per heavy atom. The van der Waals surface area contributed by atoms with Crippen molar-refractivity contribution in [2.24, 2.45) is 0 Å². The maximum absolute atomic E-state index is 9.32. The zero-order chi connectivity index (χ0) is 9.23. The Morgan fingerprint density at radius 1 is 1.50 bits per heavy atom. The summed E-state index contributed by atoms with van der Waals surface area (Å²) in [7, 11) is 0. The second-order valence-corrected chi connectivity index (χ2v) is 2.62. The van der Waals surface area contributed by atoms with Crippen LogP contribution in [0.2, 0.25) is 0 Å². The summed E-state index contributed by atoms with van der Waals surface area (Å²) in [5.74, 6) is 5.61. The lowest BCUT2D eigenvalue weighted by molar-refractivity contribution is 0.116. The van der Waals surface area contributed by atoms with E-state index < -0.39 is 0 Å². The van der Waals surface area contributed by atoms with Crippen molar-refractivity contribution >= 4 is 0 Å². The molecule has 0 saturated carbocycles. The van der Waals surface area contributed by atoms with E-state index in [1.807, 2.05) is 6.92 Å². The van der Waals surface area contributed by atoms with Gasteiger partial charge in [-0.25, -0.2) is 0 Å². The maximum atomic E-state index is 9.32. The summed E-state index contributed by atoms with van der Waals surface area (Å²) >= 11 is 0. The van der Waals surface area contributed by atoms with E-state index in [0.29, 0.717) is 6.42 Å². The Balaban J connectivity index is 3.17. The average Bonchev–Trinajstić information content (AvgIpc) is 2.09. The molecule has 0 heterocycles. The number of hydrogen-bond donors (Lipinski definition) is 1. The minimum absolute atomic E-state index is 0.280. The number of aliphatic hydroxyl groups excluding tert-OH is 1. The molecule has 1 N–H and O–H groups in total. The van der Waals surface area contributed by atoms with Gasteiger partial charge in [0.15, 0.2) is 0 Å². The van der Waals surface area contributed by atoms with Gasteiger partial charge in [0.2, 0.25) is 0 Å². The number of hydrogen-bond acceptors (Lipinski definition) is 2. The molecule has 0 rings (SSSR count). The minimum atomic E-state index is -0.280. The monoisotopic (exact) mass is 170 g/mol. The van der Waals surface area contributed by atoms with Gasteiger partial charge < -0.3 is 9.84 Å². The molecule has 0 aromatic carbocycles. The van der Waals surface area contributed by atoms with Gasteiger partial charge in [-0.1, -0.05) is 0 Å². The fraction of sp³-hybridized carbons (Fsp3) is 0.800. The van der Waals surface area contributed by atoms with Gasteiger partial charge in [-0.3, -0.25) is 0 Å². The third-order valence-corrected chi connectivity index (χ3v) is 1.54. The zero-order valence-electron chi connectivity index (χ0n) is 7.97. The van der Waals surface area contributed by atoms with E-state index in [1.54, 1.807) is 6.92 Å². The van der Waals surface area contributed by atoms with Crippen molar-refractivity contribution in [3.05, 3.63) is 0 Å². The second-order valence-electron chi connectivity index (χ2n) is 2.62. The van der Waals surface area contributed by atoms with E-state index in [1.165, 1.54) is 0 Å². The third kappa shape index (κ3) is 7.59. The summed E-state index contributed by atoms with van der Waals surface area (Å²) < 4.78 is 5.14. The van der Waals surface area contributed by atoms with Crippen LogP contribution in [0.25, 0.3) is 0 Å². The highest BCUT2D eigenvalue weighted by molar-refractivity contribution is 4.96. The standard InChI is InChI=1S/C10H18O2/c1-3-5-7-10(11)8-6-9-12-4-2/h10-11H,4,6-9H2,1-2H3. The maximum Gasteiger partial charge on any atom is 0.0650 e. The smallest absolute Gasteiger partial charge is 0.0650 e. The summed E-state index contributed by atoms with van der Waals surface area (Å²) in [6.07, 6.45) is 2.01. The largest absolute Gasteiger partial charge is 0.392 e. The van der Waals surface area contributed by atoms with Crippen molar-refractivity contribution in [1.29, 1.82) is 0 Å². The molecule has 2 heteroatoms. The molecule has 0 aliphatic carbocycles. The Bertz CT molecular complexity index is 144. The Labute approximate surface area is 74.9 Å². The topological polar surface area (TPSA) is 29.5 Å². The van der Waals surface area contributed by atoms with E-state index >= 15 is 0 Å². The molecule has 0 radical (unpaired) electrons. The first-order chi connectivity index (χ1) is 5.81. The van der Waals surface area contributed by atoms with E-state index in [4.69, 9.17) is 4.74 Å². The van der Waals surface area contributed by atoms with Crippen LogP contribution in [0.15, 0.2) is 0 Å². The van der Waals surface area contributed by atoms with Gasteiger partial charge in [0.25, 0.3) is 0 Å². The molecule has 0 spiro atoms. The average molecular weight is 170 g/mol. The first kappa shape index (κ1) is 11.5. The van der Waals surface area contributed by atoms with Gasteiger partial charge in [0.1, 0.15) is 0 Å². The fourth-order valence-corrected chi connectivity index (χ4v) is 0.887. The van der Waals surface area contributed by atoms with Crippen LogP contribution < -0.4 is 0 Å². The Hall–Kier alpha value is -0.520. The number of aliphatic hydroxyl groups is 1. The van der Waals surface area contributed by atoms with Gasteiger partial charge in [-0.05, 0) is 26.7 Å². The first-order valence-electron chi connectivity index (χ1n) is 4.46. The highest BCUT2D eigenvalue weighted by Crippen LogP contribution is 2.00. The molecule has 0 aliphatic heterocycles. The highest BCUT2D eigenvalue weighted by atomic mass is 16.5. The molecule has 70 valence electrons. The lowest BCUT2D eigenvalue weighted by atomic mass is 10.1. The predicted octanol–water partition coefficient (Wildman–Crippen LogP) is 1.58. The van der Waals surface area contributed by atoms with E-state index in [9.17, 15) is 5.11 Å². The fourth-order valence-electron chi connectivity index (χ4n) is 0.887. The Morgan fingerprint density at radius 3 is 2.83 bits per heavy atom. The number of ether oxygens (including phenoxy) is 1. The van der Waals surface area contributed by atoms with Crippen LogP contribution in [-0.4, -0.2) is 24.4 Å². The van der Waals surface area contributed by atoms with Crippen LogP contribution in [0.4, 0.5) is 0 Å². The molecule has 12 heavy (non-hydrogen) atoms. The summed E-state index contributed by atoms with van der Waals surface area (Å²) in [4.78, 5) is 0. The summed E-state index contributed by atoms with van der Waals surface area (Å²) in [6.45, 7) is 5.25. The van der Waals surface area contributed by atoms with Gasteiger partial charge in [-0.15, -0.1) is 11.8 Å². The quantitative estimate of drug-likeness (QED) is 0.484. The molecule has 0 aromatic rings. The van der Waals surface area contributed by atoms with Gasteiger partial charge in [0, 0.05) is 19.6 Å². The van der Waals surface area contributed by atoms with Crippen molar-refractivity contribution in [3.63, 3.8) is 0 Å². The SMILES string of the molecule is CC#CCC(O)CCCOCC. The van der Waals surface area contributed by atoms with Crippen LogP contribution in [-0.2, 0) is 4.74 Å². The molecule has 1 unspecified atom stereocenters. The Kier molecular flexibility index (Phi) is 8.20. The third-order valence-electron chi connectivity index (χ3n) is 1.54. The zero-order valence-corrected chi connectivity index (χ0v) is 7.97.